The van der Waals surface area contributed by atoms with Crippen molar-refractivity contribution < 1.29 is 0 Å². The molecule has 15 heavy (non-hydrogen) atoms. The highest BCUT2D eigenvalue weighted by Gasteiger charge is 2.03. The Kier molecular flexibility index (Phi) is 4.78. The van der Waals surface area contributed by atoms with E-state index in [1.165, 1.54) is 5.54 Å². The van der Waals surface area contributed by atoms with E-state index in [9.17, 15) is 0 Å². The third kappa shape index (κ3) is 3.60. The molecule has 0 aliphatic heterocycles. The van der Waals surface area contributed by atoms with Crippen LogP contribution >= 0.6 is 34.8 Å². The lowest BCUT2D eigenvalue weighted by molar-refractivity contribution is 1.21. The van der Waals surface area contributed by atoms with E-state index in [0.29, 0.717) is 16.6 Å². The van der Waals surface area contributed by atoms with Crippen molar-refractivity contribution in [2.24, 2.45) is 0 Å². The van der Waals surface area contributed by atoms with Crippen molar-refractivity contribution in [3.05, 3.63) is 38.8 Å². The molecule has 1 nitrogen and oxygen atoms in total. The highest BCUT2D eigenvalue weighted by Crippen LogP contribution is 2.28. The predicted molar refractivity (Wildman–Crippen MR) is 69.3 cm³/mol. The summed E-state index contributed by atoms with van der Waals surface area (Å²) in [5.74, 6) is 0. The highest BCUT2D eigenvalue weighted by molar-refractivity contribution is 6.35. The van der Waals surface area contributed by atoms with Crippen LogP contribution in [0.4, 0.5) is 5.69 Å². The molecule has 0 spiro atoms. The SMILES string of the molecule is C/C(=C/Cl)CNc1cc(Cl)c(C)cc1Cl. The molecule has 0 atom stereocenters. The molecule has 1 N–H and O–H groups in total. The molecule has 0 bridgehead atoms. The molecule has 0 saturated carbocycles. The third-order valence-corrected chi connectivity index (χ3v) is 3.08. The van der Waals surface area contributed by atoms with Crippen LogP contribution in [0.2, 0.25) is 10.0 Å². The summed E-state index contributed by atoms with van der Waals surface area (Å²) >= 11 is 17.6. The van der Waals surface area contributed by atoms with Gasteiger partial charge in [-0.05, 0) is 37.1 Å². The lowest BCUT2D eigenvalue weighted by atomic mass is 10.2. The molecule has 4 heteroatoms. The lowest BCUT2D eigenvalue weighted by Gasteiger charge is -2.10. The molecule has 82 valence electrons. The zero-order valence-electron chi connectivity index (χ0n) is 8.57. The zero-order chi connectivity index (χ0) is 11.4. The molecule has 0 aliphatic rings. The number of rotatable bonds is 3. The Hall–Kier alpha value is -0.370. The fraction of sp³-hybridized carbons (Fsp3) is 0.273. The number of hydrogen-bond acceptors (Lipinski definition) is 1. The van der Waals surface area contributed by atoms with E-state index in [-0.39, 0.29) is 0 Å². The molecule has 0 heterocycles. The first-order valence-corrected chi connectivity index (χ1v) is 5.69. The number of nitrogens with one attached hydrogen (secondary N) is 1. The second kappa shape index (κ2) is 5.64. The molecule has 1 aromatic carbocycles. The van der Waals surface area contributed by atoms with Gasteiger partial charge >= 0.3 is 0 Å². The summed E-state index contributed by atoms with van der Waals surface area (Å²) in [5, 5.41) is 4.53. The van der Waals surface area contributed by atoms with E-state index in [4.69, 9.17) is 34.8 Å². The van der Waals surface area contributed by atoms with Crippen molar-refractivity contribution in [1.82, 2.24) is 0 Å². The Morgan fingerprint density at radius 2 is 2.00 bits per heavy atom. The molecule has 0 saturated heterocycles. The smallest absolute Gasteiger partial charge is 0.0641 e. The van der Waals surface area contributed by atoms with Gasteiger partial charge in [-0.25, -0.2) is 0 Å². The fourth-order valence-corrected chi connectivity index (χ4v) is 1.58. The summed E-state index contributed by atoms with van der Waals surface area (Å²) in [5.41, 5.74) is 4.36. The van der Waals surface area contributed by atoms with Crippen molar-refractivity contribution in [3.63, 3.8) is 0 Å². The Morgan fingerprint density at radius 3 is 2.60 bits per heavy atom. The molecule has 0 unspecified atom stereocenters. The maximum Gasteiger partial charge on any atom is 0.0641 e. The largest absolute Gasteiger partial charge is 0.380 e. The first-order valence-electron chi connectivity index (χ1n) is 4.50. The monoisotopic (exact) mass is 263 g/mol. The van der Waals surface area contributed by atoms with Gasteiger partial charge in [0.05, 0.1) is 10.7 Å². The van der Waals surface area contributed by atoms with E-state index < -0.39 is 0 Å². The van der Waals surface area contributed by atoms with Crippen LogP contribution in [-0.2, 0) is 0 Å². The minimum absolute atomic E-state index is 0.655. The minimum atomic E-state index is 0.655. The number of aryl methyl sites for hydroxylation is 1. The second-order valence-electron chi connectivity index (χ2n) is 3.39. The molecule has 1 rings (SSSR count). The molecule has 0 aromatic heterocycles. The summed E-state index contributed by atoms with van der Waals surface area (Å²) < 4.78 is 0. The van der Waals surface area contributed by atoms with E-state index in [0.717, 1.165) is 16.8 Å². The summed E-state index contributed by atoms with van der Waals surface area (Å²) in [6.07, 6.45) is 0. The molecule has 0 aliphatic carbocycles. The number of anilines is 1. The van der Waals surface area contributed by atoms with Crippen LogP contribution in [0.1, 0.15) is 12.5 Å². The quantitative estimate of drug-likeness (QED) is 0.822. The van der Waals surface area contributed by atoms with Gasteiger partial charge in [0.1, 0.15) is 0 Å². The van der Waals surface area contributed by atoms with Gasteiger partial charge < -0.3 is 5.32 Å². The number of halogens is 3. The Balaban J connectivity index is 2.82. The van der Waals surface area contributed by atoms with Gasteiger partial charge in [0.15, 0.2) is 0 Å². The van der Waals surface area contributed by atoms with Crippen LogP contribution < -0.4 is 5.32 Å². The average Bonchev–Trinajstić information content (AvgIpc) is 2.21. The Bertz CT molecular complexity index is 386. The third-order valence-electron chi connectivity index (χ3n) is 1.99. The van der Waals surface area contributed by atoms with Crippen molar-refractivity contribution in [3.8, 4) is 0 Å². The van der Waals surface area contributed by atoms with Gasteiger partial charge in [0.2, 0.25) is 0 Å². The normalized spacial score (nSPS) is 11.7. The maximum atomic E-state index is 6.05. The Morgan fingerprint density at radius 1 is 1.33 bits per heavy atom. The molecular weight excluding hydrogens is 252 g/mol. The van der Waals surface area contributed by atoms with Crippen molar-refractivity contribution in [2.75, 3.05) is 11.9 Å². The summed E-state index contributed by atoms with van der Waals surface area (Å²) in [7, 11) is 0. The fourth-order valence-electron chi connectivity index (χ4n) is 1.05. The lowest BCUT2D eigenvalue weighted by Crippen LogP contribution is -2.03. The summed E-state index contributed by atoms with van der Waals surface area (Å²) in [6.45, 7) is 4.51. The minimum Gasteiger partial charge on any atom is -0.380 e. The van der Waals surface area contributed by atoms with Crippen LogP contribution in [0.3, 0.4) is 0 Å². The molecule has 0 radical (unpaired) electrons. The highest BCUT2D eigenvalue weighted by atomic mass is 35.5. The van der Waals surface area contributed by atoms with Gasteiger partial charge in [-0.15, -0.1) is 0 Å². The van der Waals surface area contributed by atoms with Crippen molar-refractivity contribution in [1.29, 1.82) is 0 Å². The van der Waals surface area contributed by atoms with Gasteiger partial charge in [-0.3, -0.25) is 0 Å². The van der Waals surface area contributed by atoms with Crippen LogP contribution in [0.5, 0.6) is 0 Å². The molecule has 0 amide bonds. The number of hydrogen-bond donors (Lipinski definition) is 1. The summed E-state index contributed by atoms with van der Waals surface area (Å²) in [6, 6.07) is 3.66. The molecule has 1 aromatic rings. The van der Waals surface area contributed by atoms with E-state index in [1.807, 2.05) is 26.0 Å². The van der Waals surface area contributed by atoms with Crippen molar-refractivity contribution >= 4 is 40.5 Å². The van der Waals surface area contributed by atoms with Gasteiger partial charge in [-0.2, -0.15) is 0 Å². The van der Waals surface area contributed by atoms with Crippen LogP contribution in [-0.4, -0.2) is 6.54 Å². The van der Waals surface area contributed by atoms with Crippen LogP contribution in [0.15, 0.2) is 23.2 Å². The topological polar surface area (TPSA) is 12.0 Å². The molecular formula is C11H12Cl3N. The number of benzene rings is 1. The summed E-state index contributed by atoms with van der Waals surface area (Å²) in [4.78, 5) is 0. The van der Waals surface area contributed by atoms with Gasteiger partial charge in [0.25, 0.3) is 0 Å². The van der Waals surface area contributed by atoms with E-state index in [1.54, 1.807) is 0 Å². The first kappa shape index (κ1) is 12.7. The van der Waals surface area contributed by atoms with Gasteiger partial charge in [0, 0.05) is 17.1 Å². The first-order chi connectivity index (χ1) is 7.04. The molecule has 0 fully saturated rings. The maximum absolute atomic E-state index is 6.05. The van der Waals surface area contributed by atoms with Crippen LogP contribution in [0, 0.1) is 6.92 Å². The van der Waals surface area contributed by atoms with E-state index in [2.05, 4.69) is 5.32 Å². The van der Waals surface area contributed by atoms with Gasteiger partial charge in [-0.1, -0.05) is 34.8 Å². The van der Waals surface area contributed by atoms with E-state index >= 15 is 0 Å². The second-order valence-corrected chi connectivity index (χ2v) is 4.42. The average molecular weight is 265 g/mol. The standard InChI is InChI=1S/C11H12Cl3N/c1-7(5-12)6-15-11-4-9(13)8(2)3-10(11)14/h3-5,15H,6H2,1-2H3/b7-5-. The zero-order valence-corrected chi connectivity index (χ0v) is 10.8. The van der Waals surface area contributed by atoms with Crippen LogP contribution in [0.25, 0.3) is 0 Å². The van der Waals surface area contributed by atoms with Crippen molar-refractivity contribution in [2.45, 2.75) is 13.8 Å². The predicted octanol–water partition coefficient (Wildman–Crippen LogP) is 4.86. The Labute approximate surface area is 105 Å².